The van der Waals surface area contributed by atoms with Crippen LogP contribution in [0.2, 0.25) is 0 Å². The summed E-state index contributed by atoms with van der Waals surface area (Å²) in [6.45, 7) is 5.46. The summed E-state index contributed by atoms with van der Waals surface area (Å²) in [6.07, 6.45) is 1.46. The second kappa shape index (κ2) is 8.87. The maximum Gasteiger partial charge on any atom is 0.248 e. The van der Waals surface area contributed by atoms with E-state index in [9.17, 15) is 9.59 Å². The average Bonchev–Trinajstić information content (AvgIpc) is 2.44. The lowest BCUT2D eigenvalue weighted by Crippen LogP contribution is -2.51. The number of piperazine rings is 1. The number of nitrogens with zero attached hydrogens (tertiary/aromatic N) is 2. The van der Waals surface area contributed by atoms with Crippen molar-refractivity contribution in [2.45, 2.75) is 19.8 Å². The molecule has 0 aromatic rings. The van der Waals surface area contributed by atoms with E-state index in [2.05, 4.69) is 0 Å². The molecule has 0 aromatic carbocycles. The second-order valence-electron chi connectivity index (χ2n) is 4.56. The molecule has 110 valence electrons. The molecule has 0 N–H and O–H groups in total. The van der Waals surface area contributed by atoms with Crippen LogP contribution >= 0.6 is 0 Å². The van der Waals surface area contributed by atoms with Crippen LogP contribution < -0.4 is 0 Å². The molecule has 0 unspecified atom stereocenters. The molecule has 2 amide bonds. The predicted molar refractivity (Wildman–Crippen MR) is 70.8 cm³/mol. The van der Waals surface area contributed by atoms with Crippen LogP contribution in [-0.4, -0.2) is 74.7 Å². The van der Waals surface area contributed by atoms with Crippen LogP contribution in [0.1, 0.15) is 19.8 Å². The van der Waals surface area contributed by atoms with E-state index >= 15 is 0 Å². The fourth-order valence-corrected chi connectivity index (χ4v) is 1.97. The highest BCUT2D eigenvalue weighted by atomic mass is 16.5. The molecule has 0 saturated carbocycles. The Morgan fingerprint density at radius 3 is 2.11 bits per heavy atom. The van der Waals surface area contributed by atoms with Crippen LogP contribution in [0.15, 0.2) is 0 Å². The van der Waals surface area contributed by atoms with Crippen LogP contribution in [-0.2, 0) is 19.1 Å². The van der Waals surface area contributed by atoms with Gasteiger partial charge in [0.25, 0.3) is 0 Å². The van der Waals surface area contributed by atoms with Gasteiger partial charge in [0.15, 0.2) is 0 Å². The highest BCUT2D eigenvalue weighted by Gasteiger charge is 2.23. The van der Waals surface area contributed by atoms with Gasteiger partial charge in [0, 0.05) is 39.7 Å². The topological polar surface area (TPSA) is 59.1 Å². The first kappa shape index (κ1) is 15.9. The summed E-state index contributed by atoms with van der Waals surface area (Å²) < 4.78 is 10.0. The Morgan fingerprint density at radius 2 is 1.58 bits per heavy atom. The van der Waals surface area contributed by atoms with Crippen molar-refractivity contribution in [1.82, 2.24) is 9.80 Å². The number of rotatable bonds is 7. The Kier molecular flexibility index (Phi) is 7.43. The average molecular weight is 272 g/mol. The van der Waals surface area contributed by atoms with Gasteiger partial charge in [0.2, 0.25) is 11.8 Å². The fraction of sp³-hybridized carbons (Fsp3) is 0.846. The van der Waals surface area contributed by atoms with E-state index in [-0.39, 0.29) is 18.4 Å². The summed E-state index contributed by atoms with van der Waals surface area (Å²) in [7, 11) is 1.59. The van der Waals surface area contributed by atoms with Crippen molar-refractivity contribution in [2.24, 2.45) is 0 Å². The molecule has 0 spiro atoms. The molecule has 1 saturated heterocycles. The molecular formula is C13H24N2O4. The zero-order valence-electron chi connectivity index (χ0n) is 11.9. The van der Waals surface area contributed by atoms with Crippen molar-refractivity contribution in [3.63, 3.8) is 0 Å². The SMILES string of the molecule is CCCC(=O)N1CCN(C(=O)COCCOC)CC1. The van der Waals surface area contributed by atoms with Gasteiger partial charge in [0.1, 0.15) is 6.61 Å². The third kappa shape index (κ3) is 5.57. The molecule has 1 rings (SSSR count). The van der Waals surface area contributed by atoms with Gasteiger partial charge in [0.05, 0.1) is 13.2 Å². The first-order valence-electron chi connectivity index (χ1n) is 6.81. The number of carbonyl (C=O) groups is 2. The third-order valence-electron chi connectivity index (χ3n) is 3.11. The number of hydrogen-bond donors (Lipinski definition) is 0. The lowest BCUT2D eigenvalue weighted by atomic mass is 10.2. The van der Waals surface area contributed by atoms with Crippen molar-refractivity contribution in [3.8, 4) is 0 Å². The lowest BCUT2D eigenvalue weighted by Gasteiger charge is -2.34. The van der Waals surface area contributed by atoms with Crippen LogP contribution in [0.25, 0.3) is 0 Å². The molecular weight excluding hydrogens is 248 g/mol. The minimum atomic E-state index is -0.0151. The van der Waals surface area contributed by atoms with Crippen molar-refractivity contribution in [3.05, 3.63) is 0 Å². The lowest BCUT2D eigenvalue weighted by molar-refractivity contribution is -0.142. The molecule has 1 heterocycles. The standard InChI is InChI=1S/C13H24N2O4/c1-3-4-12(16)14-5-7-15(8-6-14)13(17)11-19-10-9-18-2/h3-11H2,1-2H3. The largest absolute Gasteiger partial charge is 0.382 e. The van der Waals surface area contributed by atoms with Gasteiger partial charge >= 0.3 is 0 Å². The van der Waals surface area contributed by atoms with E-state index in [0.29, 0.717) is 45.8 Å². The van der Waals surface area contributed by atoms with E-state index in [1.165, 1.54) is 0 Å². The maximum atomic E-state index is 11.8. The number of hydrogen-bond acceptors (Lipinski definition) is 4. The van der Waals surface area contributed by atoms with Gasteiger partial charge in [-0.2, -0.15) is 0 Å². The molecule has 1 aliphatic heterocycles. The number of carbonyl (C=O) groups excluding carboxylic acids is 2. The van der Waals surface area contributed by atoms with Gasteiger partial charge in [-0.05, 0) is 6.42 Å². The molecule has 0 radical (unpaired) electrons. The van der Waals surface area contributed by atoms with Crippen LogP contribution in [0.4, 0.5) is 0 Å². The molecule has 19 heavy (non-hydrogen) atoms. The summed E-state index contributed by atoms with van der Waals surface area (Å²) in [6, 6.07) is 0. The highest BCUT2D eigenvalue weighted by Crippen LogP contribution is 2.05. The molecule has 6 nitrogen and oxygen atoms in total. The monoisotopic (exact) mass is 272 g/mol. The summed E-state index contributed by atoms with van der Waals surface area (Å²) >= 11 is 0. The normalized spacial score (nSPS) is 15.7. The highest BCUT2D eigenvalue weighted by molar-refractivity contribution is 5.79. The number of ether oxygens (including phenoxy) is 2. The van der Waals surface area contributed by atoms with Crippen LogP contribution in [0.5, 0.6) is 0 Å². The molecule has 0 aromatic heterocycles. The summed E-state index contributed by atoms with van der Waals surface area (Å²) in [5.74, 6) is 0.171. The van der Waals surface area contributed by atoms with E-state index in [1.54, 1.807) is 12.0 Å². The Morgan fingerprint density at radius 1 is 1.00 bits per heavy atom. The van der Waals surface area contributed by atoms with E-state index in [0.717, 1.165) is 6.42 Å². The Balaban J connectivity index is 2.21. The minimum absolute atomic E-state index is 0.0151. The fourth-order valence-electron chi connectivity index (χ4n) is 1.97. The molecule has 1 aliphatic rings. The Labute approximate surface area is 114 Å². The Hall–Kier alpha value is -1.14. The summed E-state index contributed by atoms with van der Waals surface area (Å²) in [5, 5.41) is 0. The zero-order valence-corrected chi connectivity index (χ0v) is 11.9. The number of methoxy groups -OCH3 is 1. The maximum absolute atomic E-state index is 11.8. The van der Waals surface area contributed by atoms with Crippen LogP contribution in [0, 0.1) is 0 Å². The van der Waals surface area contributed by atoms with Gasteiger partial charge in [-0.25, -0.2) is 0 Å². The van der Waals surface area contributed by atoms with Gasteiger partial charge in [-0.15, -0.1) is 0 Å². The van der Waals surface area contributed by atoms with E-state index in [4.69, 9.17) is 9.47 Å². The van der Waals surface area contributed by atoms with Crippen molar-refractivity contribution < 1.29 is 19.1 Å². The number of amides is 2. The minimum Gasteiger partial charge on any atom is -0.382 e. The molecule has 1 fully saturated rings. The molecule has 0 aliphatic carbocycles. The smallest absolute Gasteiger partial charge is 0.248 e. The molecule has 0 bridgehead atoms. The second-order valence-corrected chi connectivity index (χ2v) is 4.56. The van der Waals surface area contributed by atoms with Crippen molar-refractivity contribution in [1.29, 1.82) is 0 Å². The quantitative estimate of drug-likeness (QED) is 0.618. The van der Waals surface area contributed by atoms with E-state index < -0.39 is 0 Å². The third-order valence-corrected chi connectivity index (χ3v) is 3.11. The van der Waals surface area contributed by atoms with E-state index in [1.807, 2.05) is 11.8 Å². The Bertz CT molecular complexity index is 288. The first-order valence-corrected chi connectivity index (χ1v) is 6.81. The van der Waals surface area contributed by atoms with Crippen LogP contribution in [0.3, 0.4) is 0 Å². The van der Waals surface area contributed by atoms with Gasteiger partial charge < -0.3 is 19.3 Å². The summed E-state index contributed by atoms with van der Waals surface area (Å²) in [4.78, 5) is 27.1. The zero-order chi connectivity index (χ0) is 14.1. The van der Waals surface area contributed by atoms with Crippen molar-refractivity contribution >= 4 is 11.8 Å². The van der Waals surface area contributed by atoms with Crippen molar-refractivity contribution in [2.75, 3.05) is 53.1 Å². The summed E-state index contributed by atoms with van der Waals surface area (Å²) in [5.41, 5.74) is 0. The van der Waals surface area contributed by atoms with Gasteiger partial charge in [-0.3, -0.25) is 9.59 Å². The molecule has 0 atom stereocenters. The predicted octanol–water partition coefficient (Wildman–Crippen LogP) is 0.120. The van der Waals surface area contributed by atoms with Gasteiger partial charge in [-0.1, -0.05) is 6.92 Å². The molecule has 6 heteroatoms. The first-order chi connectivity index (χ1) is 9.19.